The number of carbonyl (C=O) groups excluding carboxylic acids is 2. The summed E-state index contributed by atoms with van der Waals surface area (Å²) in [4.78, 5) is 23.6. The van der Waals surface area contributed by atoms with Crippen molar-refractivity contribution in [2.45, 2.75) is 32.7 Å². The summed E-state index contributed by atoms with van der Waals surface area (Å²) in [6, 6.07) is 2.77. The van der Waals surface area contributed by atoms with Crippen LogP contribution >= 0.6 is 23.2 Å². The maximum atomic E-state index is 11.9. The molecule has 0 spiro atoms. The molecule has 7 heteroatoms. The van der Waals surface area contributed by atoms with Gasteiger partial charge >= 0.3 is 5.97 Å². The summed E-state index contributed by atoms with van der Waals surface area (Å²) >= 11 is 11.6. The molecule has 3 N–H and O–H groups in total. The van der Waals surface area contributed by atoms with E-state index in [1.54, 1.807) is 0 Å². The second-order valence-corrected chi connectivity index (χ2v) is 6.05. The molecule has 5 nitrogen and oxygen atoms in total. The number of anilines is 1. The number of esters is 1. The topological polar surface area (TPSA) is 81.4 Å². The molecule has 0 atom stereocenters. The largest absolute Gasteiger partial charge is 0.452 e. The third kappa shape index (κ3) is 5.10. The Kier molecular flexibility index (Phi) is 5.87. The molecule has 0 fully saturated rings. The van der Waals surface area contributed by atoms with E-state index in [0.717, 1.165) is 6.42 Å². The van der Waals surface area contributed by atoms with Crippen LogP contribution in [0.1, 0.15) is 37.6 Å². The molecule has 0 unspecified atom stereocenters. The zero-order valence-corrected chi connectivity index (χ0v) is 13.6. The fourth-order valence-corrected chi connectivity index (χ4v) is 1.96. The van der Waals surface area contributed by atoms with Gasteiger partial charge in [-0.3, -0.25) is 4.79 Å². The smallest absolute Gasteiger partial charge is 0.340 e. The number of hydrogen-bond acceptors (Lipinski definition) is 4. The standard InChI is InChI=1S/C14H18Cl2N2O3/c1-4-14(2,3)18-11(19)7-21-13(20)9-5-8(15)6-10(16)12(9)17/h5-6H,4,7,17H2,1-3H3,(H,18,19). The molecule has 0 aliphatic rings. The zero-order valence-electron chi connectivity index (χ0n) is 12.1. The molecule has 0 aliphatic heterocycles. The minimum Gasteiger partial charge on any atom is -0.452 e. The predicted octanol–water partition coefficient (Wildman–Crippen LogP) is 3.04. The van der Waals surface area contributed by atoms with Gasteiger partial charge in [0.1, 0.15) is 0 Å². The molecule has 0 saturated heterocycles. The van der Waals surface area contributed by atoms with Gasteiger partial charge in [0.05, 0.1) is 16.3 Å². The van der Waals surface area contributed by atoms with Crippen molar-refractivity contribution in [3.63, 3.8) is 0 Å². The highest BCUT2D eigenvalue weighted by atomic mass is 35.5. The summed E-state index contributed by atoms with van der Waals surface area (Å²) in [5.41, 5.74) is 5.44. The average molecular weight is 333 g/mol. The average Bonchev–Trinajstić information content (AvgIpc) is 2.39. The van der Waals surface area contributed by atoms with Gasteiger partial charge in [0.25, 0.3) is 5.91 Å². The van der Waals surface area contributed by atoms with E-state index in [9.17, 15) is 9.59 Å². The molecule has 0 aliphatic carbocycles. The van der Waals surface area contributed by atoms with E-state index in [0.29, 0.717) is 0 Å². The van der Waals surface area contributed by atoms with Crippen molar-refractivity contribution >= 4 is 40.8 Å². The van der Waals surface area contributed by atoms with Gasteiger partial charge in [-0.05, 0) is 32.4 Å². The first-order valence-electron chi connectivity index (χ1n) is 6.39. The lowest BCUT2D eigenvalue weighted by Gasteiger charge is -2.24. The molecule has 1 aromatic carbocycles. The van der Waals surface area contributed by atoms with E-state index in [1.165, 1.54) is 12.1 Å². The van der Waals surface area contributed by atoms with Gasteiger partial charge in [0.2, 0.25) is 0 Å². The Labute approximate surface area is 133 Å². The van der Waals surface area contributed by atoms with Crippen LogP contribution in [0.15, 0.2) is 12.1 Å². The minimum atomic E-state index is -0.749. The van der Waals surface area contributed by atoms with Crippen LogP contribution in [-0.4, -0.2) is 24.0 Å². The van der Waals surface area contributed by atoms with Crippen molar-refractivity contribution in [1.82, 2.24) is 5.32 Å². The molecule has 0 heterocycles. The quantitative estimate of drug-likeness (QED) is 0.641. The summed E-state index contributed by atoms with van der Waals surface area (Å²) in [6.07, 6.45) is 0.754. The van der Waals surface area contributed by atoms with E-state index in [2.05, 4.69) is 5.32 Å². The van der Waals surface area contributed by atoms with Crippen LogP contribution < -0.4 is 11.1 Å². The normalized spacial score (nSPS) is 11.1. The molecule has 0 radical (unpaired) electrons. The number of carbonyl (C=O) groups is 2. The van der Waals surface area contributed by atoms with Crippen LogP contribution in [0, 0.1) is 0 Å². The number of nitrogens with one attached hydrogen (secondary N) is 1. The fourth-order valence-electron chi connectivity index (χ4n) is 1.46. The molecule has 1 amide bonds. The van der Waals surface area contributed by atoms with E-state index in [4.69, 9.17) is 33.7 Å². The van der Waals surface area contributed by atoms with Gasteiger partial charge in [-0.25, -0.2) is 4.79 Å². The third-order valence-electron chi connectivity index (χ3n) is 3.01. The van der Waals surface area contributed by atoms with Gasteiger partial charge in [0, 0.05) is 10.6 Å². The Morgan fingerprint density at radius 2 is 1.95 bits per heavy atom. The SMILES string of the molecule is CCC(C)(C)NC(=O)COC(=O)c1cc(Cl)cc(Cl)c1N. The summed E-state index contributed by atoms with van der Waals surface area (Å²) in [7, 11) is 0. The maximum absolute atomic E-state index is 11.9. The predicted molar refractivity (Wildman–Crippen MR) is 83.7 cm³/mol. The maximum Gasteiger partial charge on any atom is 0.340 e. The summed E-state index contributed by atoms with van der Waals surface area (Å²) in [5, 5.41) is 3.17. The first kappa shape index (κ1) is 17.6. The van der Waals surface area contributed by atoms with Crippen molar-refractivity contribution in [2.75, 3.05) is 12.3 Å². The van der Waals surface area contributed by atoms with Gasteiger partial charge in [-0.2, -0.15) is 0 Å². The summed E-state index contributed by atoms with van der Waals surface area (Å²) in [5.74, 6) is -1.14. The second-order valence-electron chi connectivity index (χ2n) is 5.21. The van der Waals surface area contributed by atoms with Crippen LogP contribution in [-0.2, 0) is 9.53 Å². The van der Waals surface area contributed by atoms with Crippen molar-refractivity contribution in [3.05, 3.63) is 27.7 Å². The lowest BCUT2D eigenvalue weighted by atomic mass is 10.0. The van der Waals surface area contributed by atoms with Crippen molar-refractivity contribution in [2.24, 2.45) is 0 Å². The van der Waals surface area contributed by atoms with Crippen LogP contribution in [0.25, 0.3) is 0 Å². The number of halogens is 2. The number of nitrogen functional groups attached to an aromatic ring is 1. The van der Waals surface area contributed by atoms with E-state index in [1.807, 2.05) is 20.8 Å². The van der Waals surface area contributed by atoms with Crippen molar-refractivity contribution in [1.29, 1.82) is 0 Å². The van der Waals surface area contributed by atoms with Crippen LogP contribution in [0.5, 0.6) is 0 Å². The number of ether oxygens (including phenoxy) is 1. The number of hydrogen-bond donors (Lipinski definition) is 2. The van der Waals surface area contributed by atoms with E-state index < -0.39 is 12.6 Å². The van der Waals surface area contributed by atoms with E-state index >= 15 is 0 Å². The highest BCUT2D eigenvalue weighted by molar-refractivity contribution is 6.37. The Balaban J connectivity index is 2.69. The summed E-state index contributed by atoms with van der Waals surface area (Å²) in [6.45, 7) is 5.30. The van der Waals surface area contributed by atoms with E-state index in [-0.39, 0.29) is 32.7 Å². The molecule has 0 bridgehead atoms. The van der Waals surface area contributed by atoms with Crippen LogP contribution in [0.4, 0.5) is 5.69 Å². The molecule has 116 valence electrons. The monoisotopic (exact) mass is 332 g/mol. The van der Waals surface area contributed by atoms with Gasteiger partial charge in [-0.15, -0.1) is 0 Å². The highest BCUT2D eigenvalue weighted by Gasteiger charge is 2.20. The van der Waals surface area contributed by atoms with Gasteiger partial charge in [-0.1, -0.05) is 30.1 Å². The lowest BCUT2D eigenvalue weighted by molar-refractivity contribution is -0.125. The number of amides is 1. The highest BCUT2D eigenvalue weighted by Crippen LogP contribution is 2.28. The number of benzene rings is 1. The number of nitrogens with two attached hydrogens (primary N) is 1. The van der Waals surface area contributed by atoms with Crippen molar-refractivity contribution < 1.29 is 14.3 Å². The Morgan fingerprint density at radius 3 is 2.52 bits per heavy atom. The van der Waals surface area contributed by atoms with Crippen LogP contribution in [0.3, 0.4) is 0 Å². The Hall–Kier alpha value is -1.46. The molecule has 21 heavy (non-hydrogen) atoms. The molecule has 0 saturated carbocycles. The number of rotatable bonds is 5. The molecular formula is C14H18Cl2N2O3. The van der Waals surface area contributed by atoms with Crippen molar-refractivity contribution in [3.8, 4) is 0 Å². The molecule has 1 rings (SSSR count). The third-order valence-corrected chi connectivity index (χ3v) is 3.54. The molecule has 0 aromatic heterocycles. The minimum absolute atomic E-state index is 0.0371. The van der Waals surface area contributed by atoms with Gasteiger partial charge in [0.15, 0.2) is 6.61 Å². The second kappa shape index (κ2) is 7.00. The first-order chi connectivity index (χ1) is 9.66. The van der Waals surface area contributed by atoms with Gasteiger partial charge < -0.3 is 15.8 Å². The Bertz CT molecular complexity index is 559. The molecule has 1 aromatic rings. The zero-order chi connectivity index (χ0) is 16.2. The van der Waals surface area contributed by atoms with Crippen LogP contribution in [0.2, 0.25) is 10.0 Å². The lowest BCUT2D eigenvalue weighted by Crippen LogP contribution is -2.44. The Morgan fingerprint density at radius 1 is 1.33 bits per heavy atom. The summed E-state index contributed by atoms with van der Waals surface area (Å²) < 4.78 is 4.92. The first-order valence-corrected chi connectivity index (χ1v) is 7.14. The fraction of sp³-hybridized carbons (Fsp3) is 0.429. The molecular weight excluding hydrogens is 315 g/mol.